The van der Waals surface area contributed by atoms with Crippen molar-refractivity contribution >= 4 is 21.7 Å². The fraction of sp³-hybridized carbons (Fsp3) is 0.0909. The van der Waals surface area contributed by atoms with Gasteiger partial charge in [0.1, 0.15) is 16.5 Å². The van der Waals surface area contributed by atoms with Crippen molar-refractivity contribution in [2.24, 2.45) is 0 Å². The van der Waals surface area contributed by atoms with E-state index in [1.807, 2.05) is 6.92 Å². The molecule has 6 nitrogen and oxygen atoms in total. The average molecular weight is 264 g/mol. The molecule has 0 aromatic carbocycles. The summed E-state index contributed by atoms with van der Waals surface area (Å²) in [5.74, 6) is 0.537. The molecule has 0 unspecified atom stereocenters. The van der Waals surface area contributed by atoms with Crippen LogP contribution in [0.4, 0.5) is 11.6 Å². The minimum Gasteiger partial charge on any atom is -0.384 e. The van der Waals surface area contributed by atoms with Gasteiger partial charge in [-0.15, -0.1) is 0 Å². The van der Waals surface area contributed by atoms with E-state index in [1.165, 1.54) is 24.5 Å². The normalized spacial score (nSPS) is 11.2. The number of sulfonamides is 1. The molecule has 3 N–H and O–H groups in total. The fourth-order valence-corrected chi connectivity index (χ4v) is 2.28. The van der Waals surface area contributed by atoms with Gasteiger partial charge in [0.2, 0.25) is 0 Å². The molecular formula is C11H12N4O2S. The Morgan fingerprint density at radius 1 is 1.22 bits per heavy atom. The van der Waals surface area contributed by atoms with Crippen molar-refractivity contribution in [1.82, 2.24) is 9.97 Å². The van der Waals surface area contributed by atoms with Crippen LogP contribution in [0.15, 0.2) is 41.6 Å². The number of aromatic nitrogens is 2. The average Bonchev–Trinajstić information content (AvgIpc) is 2.29. The van der Waals surface area contributed by atoms with Crippen molar-refractivity contribution in [1.29, 1.82) is 0 Å². The first-order valence-electron chi connectivity index (χ1n) is 5.14. The quantitative estimate of drug-likeness (QED) is 0.867. The van der Waals surface area contributed by atoms with Crippen LogP contribution in [0.5, 0.6) is 0 Å². The van der Waals surface area contributed by atoms with Gasteiger partial charge in [0.05, 0.1) is 0 Å². The lowest BCUT2D eigenvalue weighted by atomic mass is 10.3. The van der Waals surface area contributed by atoms with Crippen molar-refractivity contribution in [3.63, 3.8) is 0 Å². The molecule has 2 aromatic heterocycles. The lowest BCUT2D eigenvalue weighted by molar-refractivity contribution is 0.600. The molecule has 7 heteroatoms. The van der Waals surface area contributed by atoms with Crippen LogP contribution in [-0.4, -0.2) is 18.4 Å². The van der Waals surface area contributed by atoms with Crippen LogP contribution in [0, 0.1) is 6.92 Å². The molecule has 0 bridgehead atoms. The Morgan fingerprint density at radius 3 is 2.61 bits per heavy atom. The SMILES string of the molecule is Cc1ccnc(NS(=O)(=O)c2ccc(N)nc2)c1. The van der Waals surface area contributed by atoms with Gasteiger partial charge in [0.25, 0.3) is 10.0 Å². The summed E-state index contributed by atoms with van der Waals surface area (Å²) in [4.78, 5) is 7.72. The summed E-state index contributed by atoms with van der Waals surface area (Å²) in [5.41, 5.74) is 6.32. The number of hydrogen-bond donors (Lipinski definition) is 2. The van der Waals surface area contributed by atoms with E-state index in [0.717, 1.165) is 5.56 Å². The Morgan fingerprint density at radius 2 is 2.00 bits per heavy atom. The third-order valence-electron chi connectivity index (χ3n) is 2.22. The van der Waals surface area contributed by atoms with Crippen molar-refractivity contribution in [2.75, 3.05) is 10.5 Å². The first-order chi connectivity index (χ1) is 8.47. The molecule has 2 aromatic rings. The summed E-state index contributed by atoms with van der Waals surface area (Å²) in [6.45, 7) is 1.85. The molecule has 0 saturated carbocycles. The van der Waals surface area contributed by atoms with E-state index in [2.05, 4.69) is 14.7 Å². The van der Waals surface area contributed by atoms with E-state index in [-0.39, 0.29) is 16.5 Å². The zero-order valence-electron chi connectivity index (χ0n) is 9.66. The van der Waals surface area contributed by atoms with Crippen LogP contribution in [0.1, 0.15) is 5.56 Å². The number of pyridine rings is 2. The zero-order chi connectivity index (χ0) is 13.2. The molecular weight excluding hydrogens is 252 g/mol. The highest BCUT2D eigenvalue weighted by Crippen LogP contribution is 2.14. The Labute approximate surface area is 105 Å². The van der Waals surface area contributed by atoms with Gasteiger partial charge < -0.3 is 5.73 Å². The number of rotatable bonds is 3. The Balaban J connectivity index is 2.30. The highest BCUT2D eigenvalue weighted by molar-refractivity contribution is 7.92. The maximum absolute atomic E-state index is 12.0. The smallest absolute Gasteiger partial charge is 0.264 e. The number of nitrogens with two attached hydrogens (primary N) is 1. The minimum absolute atomic E-state index is 0.0417. The van der Waals surface area contributed by atoms with Gasteiger partial charge in [0, 0.05) is 12.4 Å². The minimum atomic E-state index is -3.68. The van der Waals surface area contributed by atoms with Crippen LogP contribution in [-0.2, 0) is 10.0 Å². The molecule has 0 aliphatic rings. The number of nitrogens with one attached hydrogen (secondary N) is 1. The highest BCUT2D eigenvalue weighted by atomic mass is 32.2. The monoisotopic (exact) mass is 264 g/mol. The molecule has 0 aliphatic heterocycles. The molecule has 2 rings (SSSR count). The van der Waals surface area contributed by atoms with Crippen molar-refractivity contribution < 1.29 is 8.42 Å². The van der Waals surface area contributed by atoms with Crippen LogP contribution in [0.2, 0.25) is 0 Å². The van der Waals surface area contributed by atoms with Crippen molar-refractivity contribution in [3.05, 3.63) is 42.2 Å². The van der Waals surface area contributed by atoms with Crippen molar-refractivity contribution in [3.8, 4) is 0 Å². The van der Waals surface area contributed by atoms with Gasteiger partial charge in [-0.25, -0.2) is 18.4 Å². The molecule has 2 heterocycles. The summed E-state index contributed by atoms with van der Waals surface area (Å²) >= 11 is 0. The molecule has 94 valence electrons. The van der Waals surface area contributed by atoms with Crippen molar-refractivity contribution in [2.45, 2.75) is 11.8 Å². The number of nitrogen functional groups attached to an aromatic ring is 1. The largest absolute Gasteiger partial charge is 0.384 e. The third-order valence-corrected chi connectivity index (χ3v) is 3.56. The first-order valence-corrected chi connectivity index (χ1v) is 6.63. The van der Waals surface area contributed by atoms with Gasteiger partial charge in [-0.2, -0.15) is 0 Å². The predicted octanol–water partition coefficient (Wildman–Crippen LogP) is 1.17. The molecule has 0 saturated heterocycles. The Kier molecular flexibility index (Phi) is 3.15. The Hall–Kier alpha value is -2.15. The summed E-state index contributed by atoms with van der Waals surface area (Å²) in [5, 5.41) is 0. The fourth-order valence-electron chi connectivity index (χ4n) is 1.34. The number of aryl methyl sites for hydroxylation is 1. The Bertz CT molecular complexity index is 653. The zero-order valence-corrected chi connectivity index (χ0v) is 10.5. The molecule has 0 fully saturated rings. The molecule has 0 radical (unpaired) electrons. The van der Waals surface area contributed by atoms with E-state index in [4.69, 9.17) is 5.73 Å². The lowest BCUT2D eigenvalue weighted by Gasteiger charge is -2.07. The number of anilines is 2. The summed E-state index contributed by atoms with van der Waals surface area (Å²) in [6.07, 6.45) is 2.74. The molecule has 0 atom stereocenters. The summed E-state index contributed by atoms with van der Waals surface area (Å²) in [7, 11) is -3.68. The maximum Gasteiger partial charge on any atom is 0.264 e. The van der Waals surface area contributed by atoms with E-state index in [1.54, 1.807) is 12.1 Å². The number of nitrogens with zero attached hydrogens (tertiary/aromatic N) is 2. The van der Waals surface area contributed by atoms with E-state index < -0.39 is 10.0 Å². The van der Waals surface area contributed by atoms with E-state index in [9.17, 15) is 8.42 Å². The van der Waals surface area contributed by atoms with Gasteiger partial charge in [-0.1, -0.05) is 0 Å². The molecule has 0 aliphatic carbocycles. The second-order valence-corrected chi connectivity index (χ2v) is 5.43. The second kappa shape index (κ2) is 4.61. The maximum atomic E-state index is 12.0. The van der Waals surface area contributed by atoms with Gasteiger partial charge in [-0.05, 0) is 36.8 Å². The van der Waals surface area contributed by atoms with Crippen LogP contribution < -0.4 is 10.5 Å². The topological polar surface area (TPSA) is 98.0 Å². The summed E-state index contributed by atoms with van der Waals surface area (Å²) < 4.78 is 26.4. The standard InChI is InChI=1S/C11H12N4O2S/c1-8-4-5-13-11(6-8)15-18(16,17)9-2-3-10(12)14-7-9/h2-7H,1H3,(H2,12,14)(H,13,15). The predicted molar refractivity (Wildman–Crippen MR) is 68.4 cm³/mol. The van der Waals surface area contributed by atoms with E-state index >= 15 is 0 Å². The van der Waals surface area contributed by atoms with Crippen LogP contribution >= 0.6 is 0 Å². The third kappa shape index (κ3) is 2.75. The first kappa shape index (κ1) is 12.3. The molecule has 18 heavy (non-hydrogen) atoms. The molecule has 0 spiro atoms. The van der Waals surface area contributed by atoms with E-state index in [0.29, 0.717) is 0 Å². The molecule has 0 amide bonds. The van der Waals surface area contributed by atoms with Gasteiger partial charge >= 0.3 is 0 Å². The highest BCUT2D eigenvalue weighted by Gasteiger charge is 2.14. The summed E-state index contributed by atoms with van der Waals surface area (Å²) in [6, 6.07) is 6.24. The van der Waals surface area contributed by atoms with Gasteiger partial charge in [-0.3, -0.25) is 4.72 Å². The van der Waals surface area contributed by atoms with Gasteiger partial charge in [0.15, 0.2) is 0 Å². The lowest BCUT2D eigenvalue weighted by Crippen LogP contribution is -2.14. The van der Waals surface area contributed by atoms with Crippen LogP contribution in [0.3, 0.4) is 0 Å². The second-order valence-electron chi connectivity index (χ2n) is 3.74. The number of hydrogen-bond acceptors (Lipinski definition) is 5. The van der Waals surface area contributed by atoms with Crippen LogP contribution in [0.25, 0.3) is 0 Å².